The Kier molecular flexibility index (Phi) is 4.90. The molecule has 0 unspecified atom stereocenters. The molecule has 15 heavy (non-hydrogen) atoms. The Bertz CT molecular complexity index is 307. The number of carbonyl (C=O) groups excluding carboxylic acids is 1. The second-order valence-corrected chi connectivity index (χ2v) is 3.48. The van der Waals surface area contributed by atoms with Crippen LogP contribution in [-0.4, -0.2) is 23.6 Å². The lowest BCUT2D eigenvalue weighted by molar-refractivity contribution is 0.0944. The summed E-state index contributed by atoms with van der Waals surface area (Å²) < 4.78 is 1.97. The van der Waals surface area contributed by atoms with E-state index in [1.807, 2.05) is 22.9 Å². The molecule has 1 aromatic heterocycles. The number of amides is 1. The van der Waals surface area contributed by atoms with Crippen LogP contribution in [0, 0.1) is 0 Å². The molecule has 0 aliphatic carbocycles. The van der Waals surface area contributed by atoms with Crippen molar-refractivity contribution in [1.29, 1.82) is 0 Å². The van der Waals surface area contributed by atoms with Gasteiger partial charge in [0, 0.05) is 19.3 Å². The molecule has 4 heteroatoms. The lowest BCUT2D eigenvalue weighted by Gasteiger charge is -2.08. The highest BCUT2D eigenvalue weighted by Crippen LogP contribution is 2.03. The lowest BCUT2D eigenvalue weighted by atomic mass is 10.3. The third kappa shape index (κ3) is 3.40. The average Bonchev–Trinajstić information content (AvgIpc) is 2.67. The Labute approximate surface area is 90.5 Å². The SMILES string of the molecule is CCCn1cccc1C(=O)NCCCN. The van der Waals surface area contributed by atoms with Gasteiger partial charge in [0.1, 0.15) is 5.69 Å². The van der Waals surface area contributed by atoms with Gasteiger partial charge < -0.3 is 15.6 Å². The van der Waals surface area contributed by atoms with Gasteiger partial charge in [-0.25, -0.2) is 0 Å². The van der Waals surface area contributed by atoms with Crippen molar-refractivity contribution in [2.24, 2.45) is 5.73 Å². The van der Waals surface area contributed by atoms with Crippen molar-refractivity contribution >= 4 is 5.91 Å². The molecular formula is C11H19N3O. The maximum Gasteiger partial charge on any atom is 0.267 e. The van der Waals surface area contributed by atoms with Gasteiger partial charge in [-0.1, -0.05) is 6.92 Å². The lowest BCUT2D eigenvalue weighted by Crippen LogP contribution is -2.27. The molecule has 1 aromatic rings. The van der Waals surface area contributed by atoms with Crippen molar-refractivity contribution in [3.63, 3.8) is 0 Å². The minimum Gasteiger partial charge on any atom is -0.351 e. The smallest absolute Gasteiger partial charge is 0.267 e. The van der Waals surface area contributed by atoms with Gasteiger partial charge in [-0.15, -0.1) is 0 Å². The molecule has 0 fully saturated rings. The summed E-state index contributed by atoms with van der Waals surface area (Å²) in [5.41, 5.74) is 6.08. The zero-order valence-electron chi connectivity index (χ0n) is 9.20. The molecule has 1 amide bonds. The Hall–Kier alpha value is -1.29. The van der Waals surface area contributed by atoms with E-state index in [1.165, 1.54) is 0 Å². The number of aryl methyl sites for hydroxylation is 1. The van der Waals surface area contributed by atoms with E-state index in [4.69, 9.17) is 5.73 Å². The molecule has 0 radical (unpaired) electrons. The van der Waals surface area contributed by atoms with Gasteiger partial charge in [-0.2, -0.15) is 0 Å². The van der Waals surface area contributed by atoms with Gasteiger partial charge in [0.05, 0.1) is 0 Å². The first-order chi connectivity index (χ1) is 7.29. The molecular weight excluding hydrogens is 190 g/mol. The molecule has 84 valence electrons. The number of nitrogens with zero attached hydrogens (tertiary/aromatic N) is 1. The summed E-state index contributed by atoms with van der Waals surface area (Å²) in [4.78, 5) is 11.7. The summed E-state index contributed by atoms with van der Waals surface area (Å²) in [6.45, 7) is 4.23. The molecule has 3 N–H and O–H groups in total. The zero-order chi connectivity index (χ0) is 11.1. The Balaban J connectivity index is 2.53. The summed E-state index contributed by atoms with van der Waals surface area (Å²) in [5, 5.41) is 2.85. The molecule has 0 saturated carbocycles. The predicted molar refractivity (Wildman–Crippen MR) is 60.7 cm³/mol. The first-order valence-electron chi connectivity index (χ1n) is 5.43. The van der Waals surface area contributed by atoms with Crippen LogP contribution in [0.5, 0.6) is 0 Å². The first kappa shape index (κ1) is 11.8. The maximum absolute atomic E-state index is 11.7. The molecule has 0 aliphatic rings. The highest BCUT2D eigenvalue weighted by Gasteiger charge is 2.08. The van der Waals surface area contributed by atoms with Crippen LogP contribution in [0.2, 0.25) is 0 Å². The summed E-state index contributed by atoms with van der Waals surface area (Å²) >= 11 is 0. The predicted octanol–water partition coefficient (Wildman–Crippen LogP) is 0.977. The second-order valence-electron chi connectivity index (χ2n) is 3.48. The average molecular weight is 209 g/mol. The molecule has 1 rings (SSSR count). The summed E-state index contributed by atoms with van der Waals surface area (Å²) in [6, 6.07) is 3.74. The van der Waals surface area contributed by atoms with E-state index < -0.39 is 0 Å². The summed E-state index contributed by atoms with van der Waals surface area (Å²) in [5.74, 6) is -0.0121. The maximum atomic E-state index is 11.7. The van der Waals surface area contributed by atoms with Gasteiger partial charge >= 0.3 is 0 Å². The number of hydrogen-bond acceptors (Lipinski definition) is 2. The molecule has 0 atom stereocenters. The second kappa shape index (κ2) is 6.24. The number of nitrogens with one attached hydrogen (secondary N) is 1. The minimum absolute atomic E-state index is 0.0121. The molecule has 1 heterocycles. The highest BCUT2D eigenvalue weighted by atomic mass is 16.1. The van der Waals surface area contributed by atoms with Crippen LogP contribution in [0.25, 0.3) is 0 Å². The van der Waals surface area contributed by atoms with Crippen LogP contribution in [0.15, 0.2) is 18.3 Å². The van der Waals surface area contributed by atoms with E-state index >= 15 is 0 Å². The van der Waals surface area contributed by atoms with Crippen LogP contribution in [-0.2, 0) is 6.54 Å². The van der Waals surface area contributed by atoms with Gasteiger partial charge in [0.25, 0.3) is 5.91 Å². The Morgan fingerprint density at radius 3 is 3.07 bits per heavy atom. The third-order valence-electron chi connectivity index (χ3n) is 2.19. The van der Waals surface area contributed by atoms with Crippen molar-refractivity contribution in [2.75, 3.05) is 13.1 Å². The van der Waals surface area contributed by atoms with Crippen molar-refractivity contribution in [3.8, 4) is 0 Å². The van der Waals surface area contributed by atoms with Crippen molar-refractivity contribution in [2.45, 2.75) is 26.3 Å². The number of hydrogen-bond donors (Lipinski definition) is 2. The van der Waals surface area contributed by atoms with Gasteiger partial charge in [-0.3, -0.25) is 4.79 Å². The van der Waals surface area contributed by atoms with E-state index in [-0.39, 0.29) is 5.91 Å². The van der Waals surface area contributed by atoms with Crippen LogP contribution in [0.3, 0.4) is 0 Å². The fourth-order valence-electron chi connectivity index (χ4n) is 1.45. The van der Waals surface area contributed by atoms with Crippen LogP contribution < -0.4 is 11.1 Å². The van der Waals surface area contributed by atoms with Gasteiger partial charge in [0.2, 0.25) is 0 Å². The fraction of sp³-hybridized carbons (Fsp3) is 0.545. The normalized spacial score (nSPS) is 10.3. The number of rotatable bonds is 6. The van der Waals surface area contributed by atoms with Crippen molar-refractivity contribution in [3.05, 3.63) is 24.0 Å². The van der Waals surface area contributed by atoms with E-state index in [0.29, 0.717) is 13.1 Å². The van der Waals surface area contributed by atoms with Crippen molar-refractivity contribution in [1.82, 2.24) is 9.88 Å². The molecule has 0 aliphatic heterocycles. The first-order valence-corrected chi connectivity index (χ1v) is 5.43. The monoisotopic (exact) mass is 209 g/mol. The van der Waals surface area contributed by atoms with Crippen molar-refractivity contribution < 1.29 is 4.79 Å². The van der Waals surface area contributed by atoms with Gasteiger partial charge in [0.15, 0.2) is 0 Å². The van der Waals surface area contributed by atoms with E-state index in [9.17, 15) is 4.79 Å². The minimum atomic E-state index is -0.0121. The Morgan fingerprint density at radius 1 is 1.60 bits per heavy atom. The number of nitrogens with two attached hydrogens (primary N) is 1. The van der Waals surface area contributed by atoms with Crippen LogP contribution >= 0.6 is 0 Å². The van der Waals surface area contributed by atoms with E-state index in [0.717, 1.165) is 25.1 Å². The van der Waals surface area contributed by atoms with E-state index in [2.05, 4.69) is 12.2 Å². The molecule has 0 bridgehead atoms. The van der Waals surface area contributed by atoms with Crippen LogP contribution in [0.1, 0.15) is 30.3 Å². The third-order valence-corrected chi connectivity index (χ3v) is 2.19. The summed E-state index contributed by atoms with van der Waals surface area (Å²) in [7, 11) is 0. The molecule has 0 aromatic carbocycles. The van der Waals surface area contributed by atoms with Gasteiger partial charge in [-0.05, 0) is 31.5 Å². The molecule has 4 nitrogen and oxygen atoms in total. The zero-order valence-corrected chi connectivity index (χ0v) is 9.20. The number of carbonyl (C=O) groups is 1. The molecule has 0 saturated heterocycles. The topological polar surface area (TPSA) is 60.0 Å². The standard InChI is InChI=1S/C11H19N3O/c1-2-8-14-9-3-5-10(14)11(15)13-7-4-6-12/h3,5,9H,2,4,6-8,12H2,1H3,(H,13,15). The van der Waals surface area contributed by atoms with E-state index in [1.54, 1.807) is 0 Å². The largest absolute Gasteiger partial charge is 0.351 e. The summed E-state index contributed by atoms with van der Waals surface area (Å²) in [6.07, 6.45) is 3.78. The number of aromatic nitrogens is 1. The van der Waals surface area contributed by atoms with Crippen LogP contribution in [0.4, 0.5) is 0 Å². The fourth-order valence-corrected chi connectivity index (χ4v) is 1.45. The Morgan fingerprint density at radius 2 is 2.40 bits per heavy atom. The highest BCUT2D eigenvalue weighted by molar-refractivity contribution is 5.92. The molecule has 0 spiro atoms. The quantitative estimate of drug-likeness (QED) is 0.686.